The molecule has 1 aliphatic heterocycles. The topological polar surface area (TPSA) is 48.1 Å². The van der Waals surface area contributed by atoms with Gasteiger partial charge in [-0.25, -0.2) is 0 Å². The summed E-state index contributed by atoms with van der Waals surface area (Å²) in [5, 5.41) is 7.51. The van der Waals surface area contributed by atoms with Crippen molar-refractivity contribution in [1.82, 2.24) is 10.3 Å². The fourth-order valence-corrected chi connectivity index (χ4v) is 4.54. The third-order valence-corrected chi connectivity index (χ3v) is 6.04. The van der Waals surface area contributed by atoms with Gasteiger partial charge in [-0.15, -0.1) is 0 Å². The second-order valence-corrected chi connectivity index (χ2v) is 7.98. The van der Waals surface area contributed by atoms with Crippen molar-refractivity contribution >= 4 is 27.4 Å². The Morgan fingerprint density at radius 1 is 1.00 bits per heavy atom. The first kappa shape index (κ1) is 18.0. The van der Waals surface area contributed by atoms with Gasteiger partial charge in [0.15, 0.2) is 0 Å². The molecule has 0 radical (unpaired) electrons. The van der Waals surface area contributed by atoms with Crippen molar-refractivity contribution in [3.8, 4) is 0 Å². The highest BCUT2D eigenvalue weighted by atomic mass is 16.1. The van der Waals surface area contributed by atoms with Crippen LogP contribution < -0.4 is 15.8 Å². The fraction of sp³-hybridized carbons (Fsp3) is 0.240. The zero-order valence-electron chi connectivity index (χ0n) is 16.6. The second kappa shape index (κ2) is 7.37. The molecule has 1 saturated heterocycles. The molecule has 1 fully saturated rings. The highest BCUT2D eigenvalue weighted by molar-refractivity contribution is 5.86. The van der Waals surface area contributed by atoms with Crippen LogP contribution in [0.25, 0.3) is 21.7 Å². The highest BCUT2D eigenvalue weighted by Gasteiger charge is 2.24. The summed E-state index contributed by atoms with van der Waals surface area (Å²) in [5.41, 5.74) is 3.36. The number of aromatic nitrogens is 1. The Kier molecular flexibility index (Phi) is 4.57. The average Bonchev–Trinajstić information content (AvgIpc) is 3.21. The van der Waals surface area contributed by atoms with E-state index >= 15 is 0 Å². The van der Waals surface area contributed by atoms with Gasteiger partial charge in [0.05, 0.1) is 5.52 Å². The molecule has 2 N–H and O–H groups in total. The minimum absolute atomic E-state index is 0.0560. The number of nitrogens with zero attached hydrogens (tertiary/aromatic N) is 1. The molecule has 5 rings (SSSR count). The molecule has 0 aliphatic carbocycles. The number of nitrogens with one attached hydrogen (secondary N) is 2. The molecule has 0 bridgehead atoms. The van der Waals surface area contributed by atoms with Crippen molar-refractivity contribution in [2.75, 3.05) is 18.0 Å². The molecule has 1 aliphatic rings. The Morgan fingerprint density at radius 2 is 1.83 bits per heavy atom. The fourth-order valence-electron chi connectivity index (χ4n) is 4.54. The summed E-state index contributed by atoms with van der Waals surface area (Å²) >= 11 is 0. The van der Waals surface area contributed by atoms with E-state index < -0.39 is 0 Å². The molecule has 2 atom stereocenters. The summed E-state index contributed by atoms with van der Waals surface area (Å²) in [4.78, 5) is 17.0. The molecule has 29 heavy (non-hydrogen) atoms. The molecular weight excluding hydrogens is 358 g/mol. The van der Waals surface area contributed by atoms with Gasteiger partial charge in [-0.1, -0.05) is 48.5 Å². The van der Waals surface area contributed by atoms with Gasteiger partial charge in [0.1, 0.15) is 0 Å². The maximum Gasteiger partial charge on any atom is 0.248 e. The predicted octanol–water partition coefficient (Wildman–Crippen LogP) is 4.61. The van der Waals surface area contributed by atoms with Gasteiger partial charge in [0.2, 0.25) is 5.56 Å². The molecule has 146 valence electrons. The summed E-state index contributed by atoms with van der Waals surface area (Å²) in [7, 11) is 0. The van der Waals surface area contributed by atoms with E-state index in [1.807, 2.05) is 6.07 Å². The Labute approximate surface area is 170 Å². The first-order chi connectivity index (χ1) is 14.2. The molecule has 0 unspecified atom stereocenters. The standard InChI is InChI=1S/C25H25N3O/c1-17(22-8-4-6-18-5-2-3-7-23(18)22)26-20-13-14-28(16-20)21-11-9-19-10-12-25(29)27-24(19)15-21/h2-12,15,17,20,26H,13-14,16H2,1H3,(H,27,29)/t17-,20+/m1/s1. The van der Waals surface area contributed by atoms with E-state index in [0.717, 1.165) is 30.4 Å². The number of aromatic amines is 1. The predicted molar refractivity (Wildman–Crippen MR) is 121 cm³/mol. The number of anilines is 1. The van der Waals surface area contributed by atoms with E-state index in [1.54, 1.807) is 6.07 Å². The minimum Gasteiger partial charge on any atom is -0.370 e. The van der Waals surface area contributed by atoms with Crippen LogP contribution in [0, 0.1) is 0 Å². The van der Waals surface area contributed by atoms with Crippen LogP contribution in [0.5, 0.6) is 0 Å². The number of fused-ring (bicyclic) bond motifs is 2. The quantitative estimate of drug-likeness (QED) is 0.541. The smallest absolute Gasteiger partial charge is 0.248 e. The second-order valence-electron chi connectivity index (χ2n) is 7.98. The van der Waals surface area contributed by atoms with Crippen molar-refractivity contribution in [3.63, 3.8) is 0 Å². The van der Waals surface area contributed by atoms with Crippen molar-refractivity contribution < 1.29 is 0 Å². The number of rotatable bonds is 4. The van der Waals surface area contributed by atoms with Crippen LogP contribution in [-0.4, -0.2) is 24.1 Å². The molecule has 0 spiro atoms. The summed E-state index contributed by atoms with van der Waals surface area (Å²) in [6.07, 6.45) is 1.11. The summed E-state index contributed by atoms with van der Waals surface area (Å²) < 4.78 is 0. The van der Waals surface area contributed by atoms with Crippen LogP contribution in [0.1, 0.15) is 24.9 Å². The average molecular weight is 383 g/mol. The monoisotopic (exact) mass is 383 g/mol. The maximum atomic E-state index is 11.6. The number of hydrogen-bond donors (Lipinski definition) is 2. The Hall–Kier alpha value is -3.11. The SMILES string of the molecule is C[C@@H](N[C@H]1CCN(c2ccc3ccc(=O)[nH]c3c2)C1)c1cccc2ccccc12. The molecule has 0 saturated carbocycles. The van der Waals surface area contributed by atoms with E-state index in [1.165, 1.54) is 22.0 Å². The number of H-pyrrole nitrogens is 1. The zero-order valence-corrected chi connectivity index (χ0v) is 16.6. The first-order valence-corrected chi connectivity index (χ1v) is 10.3. The van der Waals surface area contributed by atoms with Crippen molar-refractivity contribution in [2.24, 2.45) is 0 Å². The maximum absolute atomic E-state index is 11.6. The third-order valence-electron chi connectivity index (χ3n) is 6.04. The van der Waals surface area contributed by atoms with E-state index in [0.29, 0.717) is 12.1 Å². The molecule has 0 amide bonds. The third kappa shape index (κ3) is 3.52. The number of hydrogen-bond acceptors (Lipinski definition) is 3. The van der Waals surface area contributed by atoms with E-state index in [4.69, 9.17) is 0 Å². The molecule has 3 aromatic carbocycles. The van der Waals surface area contributed by atoms with Crippen molar-refractivity contribution in [1.29, 1.82) is 0 Å². The summed E-state index contributed by atoms with van der Waals surface area (Å²) in [6.45, 7) is 4.24. The van der Waals surface area contributed by atoms with Crippen LogP contribution >= 0.6 is 0 Å². The first-order valence-electron chi connectivity index (χ1n) is 10.3. The highest BCUT2D eigenvalue weighted by Crippen LogP contribution is 2.27. The molecule has 4 nitrogen and oxygen atoms in total. The molecular formula is C25H25N3O. The Bertz CT molecular complexity index is 1220. The number of pyridine rings is 1. The van der Waals surface area contributed by atoms with E-state index in [-0.39, 0.29) is 5.56 Å². The van der Waals surface area contributed by atoms with Crippen LogP contribution in [0.15, 0.2) is 77.6 Å². The summed E-state index contributed by atoms with van der Waals surface area (Å²) in [5.74, 6) is 0. The van der Waals surface area contributed by atoms with Gasteiger partial charge < -0.3 is 15.2 Å². The van der Waals surface area contributed by atoms with Crippen LogP contribution in [0.3, 0.4) is 0 Å². The van der Waals surface area contributed by atoms with Gasteiger partial charge in [0.25, 0.3) is 0 Å². The van der Waals surface area contributed by atoms with Crippen molar-refractivity contribution in [2.45, 2.75) is 25.4 Å². The van der Waals surface area contributed by atoms with E-state index in [9.17, 15) is 4.79 Å². The van der Waals surface area contributed by atoms with Crippen LogP contribution in [0.4, 0.5) is 5.69 Å². The van der Waals surface area contributed by atoms with Gasteiger partial charge >= 0.3 is 0 Å². The molecule has 1 aromatic heterocycles. The normalized spacial score (nSPS) is 17.8. The van der Waals surface area contributed by atoms with Gasteiger partial charge in [-0.05, 0) is 53.3 Å². The summed E-state index contributed by atoms with van der Waals surface area (Å²) in [6, 6.07) is 25.6. The lowest BCUT2D eigenvalue weighted by Gasteiger charge is -2.23. The lowest BCUT2D eigenvalue weighted by Crippen LogP contribution is -2.34. The van der Waals surface area contributed by atoms with Gasteiger partial charge in [0, 0.05) is 36.9 Å². The zero-order chi connectivity index (χ0) is 19.8. The Morgan fingerprint density at radius 3 is 2.76 bits per heavy atom. The lowest BCUT2D eigenvalue weighted by molar-refractivity contribution is 0.483. The molecule has 4 aromatic rings. The van der Waals surface area contributed by atoms with E-state index in [2.05, 4.69) is 82.8 Å². The van der Waals surface area contributed by atoms with Crippen LogP contribution in [0.2, 0.25) is 0 Å². The Balaban J connectivity index is 1.32. The molecule has 4 heteroatoms. The van der Waals surface area contributed by atoms with Gasteiger partial charge in [-0.2, -0.15) is 0 Å². The molecule has 2 heterocycles. The van der Waals surface area contributed by atoms with Crippen molar-refractivity contribution in [3.05, 3.63) is 88.7 Å². The minimum atomic E-state index is -0.0560. The van der Waals surface area contributed by atoms with Gasteiger partial charge in [-0.3, -0.25) is 4.79 Å². The number of benzene rings is 3. The lowest BCUT2D eigenvalue weighted by atomic mass is 9.99. The van der Waals surface area contributed by atoms with Crippen LogP contribution in [-0.2, 0) is 0 Å². The largest absolute Gasteiger partial charge is 0.370 e.